The third kappa shape index (κ3) is 3.23. The van der Waals surface area contributed by atoms with Crippen LogP contribution in [-0.4, -0.2) is 28.3 Å². The summed E-state index contributed by atoms with van der Waals surface area (Å²) in [6.07, 6.45) is 6.59. The maximum atomic E-state index is 12.4. The molecule has 1 heterocycles. The zero-order chi connectivity index (χ0) is 15.5. The molecule has 3 N–H and O–H groups in total. The van der Waals surface area contributed by atoms with Gasteiger partial charge in [0.05, 0.1) is 17.4 Å². The highest BCUT2D eigenvalue weighted by atomic mass is 79.9. The van der Waals surface area contributed by atoms with Crippen LogP contribution in [0.4, 0.5) is 0 Å². The largest absolute Gasteiger partial charge is 0.349 e. The van der Waals surface area contributed by atoms with E-state index >= 15 is 0 Å². The Morgan fingerprint density at radius 1 is 1.45 bits per heavy atom. The second-order valence-electron chi connectivity index (χ2n) is 5.66. The lowest BCUT2D eigenvalue weighted by molar-refractivity contribution is 0.0929. The maximum absolute atomic E-state index is 12.4. The lowest BCUT2D eigenvalue weighted by Gasteiger charge is -2.18. The van der Waals surface area contributed by atoms with Gasteiger partial charge in [0, 0.05) is 16.7 Å². The number of carbonyl (C=O) groups excluding carboxylic acids is 1. The maximum Gasteiger partial charge on any atom is 0.254 e. The van der Waals surface area contributed by atoms with Crippen molar-refractivity contribution < 1.29 is 4.79 Å². The third-order valence-corrected chi connectivity index (χ3v) is 4.69. The average molecular weight is 363 g/mol. The second kappa shape index (κ2) is 6.62. The van der Waals surface area contributed by atoms with Crippen LogP contribution >= 0.6 is 15.9 Å². The Hall–Kier alpha value is -1.66. The van der Waals surface area contributed by atoms with Crippen LogP contribution in [0, 0.1) is 5.92 Å². The minimum Gasteiger partial charge on any atom is -0.349 e. The molecule has 0 radical (unpaired) electrons. The highest BCUT2D eigenvalue weighted by Gasteiger charge is 2.27. The summed E-state index contributed by atoms with van der Waals surface area (Å²) in [6.45, 7) is 0.627. The zero-order valence-electron chi connectivity index (χ0n) is 12.2. The Morgan fingerprint density at radius 2 is 2.32 bits per heavy atom. The molecule has 116 valence electrons. The molecule has 2 unspecified atom stereocenters. The number of halogens is 1. The van der Waals surface area contributed by atoms with E-state index in [4.69, 9.17) is 5.73 Å². The van der Waals surface area contributed by atoms with Gasteiger partial charge in [0.1, 0.15) is 0 Å². The van der Waals surface area contributed by atoms with E-state index in [1.165, 1.54) is 0 Å². The van der Waals surface area contributed by atoms with Crippen molar-refractivity contribution in [2.24, 2.45) is 11.7 Å². The van der Waals surface area contributed by atoms with Crippen LogP contribution in [0.1, 0.15) is 29.6 Å². The predicted molar refractivity (Wildman–Crippen MR) is 88.9 cm³/mol. The van der Waals surface area contributed by atoms with E-state index in [0.717, 1.165) is 29.4 Å². The molecule has 2 atom stereocenters. The summed E-state index contributed by atoms with van der Waals surface area (Å²) >= 11 is 3.44. The minimum atomic E-state index is -0.0772. The fourth-order valence-electron chi connectivity index (χ4n) is 2.96. The van der Waals surface area contributed by atoms with Crippen LogP contribution in [-0.2, 0) is 0 Å². The van der Waals surface area contributed by atoms with Crippen molar-refractivity contribution in [3.63, 3.8) is 0 Å². The zero-order valence-corrected chi connectivity index (χ0v) is 13.8. The van der Waals surface area contributed by atoms with Crippen LogP contribution < -0.4 is 11.1 Å². The first-order chi connectivity index (χ1) is 10.7. The lowest BCUT2D eigenvalue weighted by Crippen LogP contribution is -2.39. The number of amides is 1. The van der Waals surface area contributed by atoms with Crippen LogP contribution in [0.2, 0.25) is 0 Å². The number of carbonyl (C=O) groups is 1. The Labute approximate surface area is 138 Å². The highest BCUT2D eigenvalue weighted by molar-refractivity contribution is 9.10. The molecule has 0 aliphatic heterocycles. The van der Waals surface area contributed by atoms with Crippen molar-refractivity contribution in [2.45, 2.75) is 25.3 Å². The molecule has 22 heavy (non-hydrogen) atoms. The molecule has 1 aromatic heterocycles. The van der Waals surface area contributed by atoms with Crippen LogP contribution in [0.15, 0.2) is 41.1 Å². The molecule has 1 aromatic carbocycles. The molecule has 2 aromatic rings. The van der Waals surface area contributed by atoms with Gasteiger partial charge in [-0.2, -0.15) is 5.10 Å². The molecular weight excluding hydrogens is 344 g/mol. The van der Waals surface area contributed by atoms with Crippen molar-refractivity contribution in [3.05, 3.63) is 46.7 Å². The van der Waals surface area contributed by atoms with Gasteiger partial charge in [-0.15, -0.1) is 0 Å². The molecule has 1 fully saturated rings. The Balaban J connectivity index is 1.72. The number of nitrogens with one attached hydrogen (secondary N) is 1. The number of nitrogens with two attached hydrogens (primary N) is 1. The summed E-state index contributed by atoms with van der Waals surface area (Å²) in [4.78, 5) is 12.4. The molecule has 1 amide bonds. The molecule has 0 spiro atoms. The Kier molecular flexibility index (Phi) is 4.59. The van der Waals surface area contributed by atoms with Crippen LogP contribution in [0.5, 0.6) is 0 Å². The quantitative estimate of drug-likeness (QED) is 0.877. The van der Waals surface area contributed by atoms with Crippen LogP contribution in [0.25, 0.3) is 5.69 Å². The predicted octanol–water partition coefficient (Wildman–Crippen LogP) is 2.49. The monoisotopic (exact) mass is 362 g/mol. The van der Waals surface area contributed by atoms with Crippen molar-refractivity contribution in [2.75, 3.05) is 6.54 Å². The van der Waals surface area contributed by atoms with Crippen molar-refractivity contribution >= 4 is 21.8 Å². The summed E-state index contributed by atoms with van der Waals surface area (Å²) in [7, 11) is 0. The summed E-state index contributed by atoms with van der Waals surface area (Å²) in [5.74, 6) is 0.315. The van der Waals surface area contributed by atoms with Gasteiger partial charge < -0.3 is 11.1 Å². The first-order valence-corrected chi connectivity index (χ1v) is 8.28. The SMILES string of the molecule is NCC1CCCC1NC(=O)c1cnn(-c2cccc(Br)c2)c1. The lowest BCUT2D eigenvalue weighted by atomic mass is 10.0. The number of hydrogen-bond donors (Lipinski definition) is 2. The van der Waals surface area contributed by atoms with Gasteiger partial charge in [-0.05, 0) is 43.5 Å². The first kappa shape index (κ1) is 15.2. The average Bonchev–Trinajstić information content (AvgIpc) is 3.16. The fourth-order valence-corrected chi connectivity index (χ4v) is 3.35. The molecular formula is C16H19BrN4O. The molecule has 1 aliphatic rings. The normalized spacial score (nSPS) is 21.0. The van der Waals surface area contributed by atoms with Gasteiger partial charge in [-0.3, -0.25) is 4.79 Å². The molecule has 0 saturated heterocycles. The first-order valence-electron chi connectivity index (χ1n) is 7.49. The third-order valence-electron chi connectivity index (χ3n) is 4.20. The van der Waals surface area contributed by atoms with Gasteiger partial charge >= 0.3 is 0 Å². The van der Waals surface area contributed by atoms with E-state index in [1.54, 1.807) is 17.1 Å². The van der Waals surface area contributed by atoms with Crippen molar-refractivity contribution in [3.8, 4) is 5.69 Å². The van der Waals surface area contributed by atoms with Gasteiger partial charge in [0.15, 0.2) is 0 Å². The summed E-state index contributed by atoms with van der Waals surface area (Å²) in [6, 6.07) is 7.97. The van der Waals surface area contributed by atoms with E-state index in [1.807, 2.05) is 24.3 Å². The molecule has 6 heteroatoms. The molecule has 0 bridgehead atoms. The standard InChI is InChI=1S/C16H19BrN4O/c17-13-4-2-5-14(7-13)21-10-12(9-19-21)16(22)20-15-6-1-3-11(15)8-18/h2,4-5,7,9-11,15H,1,3,6,8,18H2,(H,20,22). The van der Waals surface area contributed by atoms with Crippen molar-refractivity contribution in [1.82, 2.24) is 15.1 Å². The summed E-state index contributed by atoms with van der Waals surface area (Å²) < 4.78 is 2.68. The van der Waals surface area contributed by atoms with E-state index in [0.29, 0.717) is 18.0 Å². The Bertz CT molecular complexity index is 670. The van der Waals surface area contributed by atoms with E-state index in [9.17, 15) is 4.79 Å². The van der Waals surface area contributed by atoms with E-state index < -0.39 is 0 Å². The Morgan fingerprint density at radius 3 is 3.09 bits per heavy atom. The second-order valence-corrected chi connectivity index (χ2v) is 6.58. The van der Waals surface area contributed by atoms with Crippen molar-refractivity contribution in [1.29, 1.82) is 0 Å². The van der Waals surface area contributed by atoms with Gasteiger partial charge in [0.2, 0.25) is 0 Å². The highest BCUT2D eigenvalue weighted by Crippen LogP contribution is 2.25. The van der Waals surface area contributed by atoms with Gasteiger partial charge in [-0.25, -0.2) is 4.68 Å². The van der Waals surface area contributed by atoms with E-state index in [2.05, 4.69) is 26.3 Å². The number of benzene rings is 1. The number of hydrogen-bond acceptors (Lipinski definition) is 3. The van der Waals surface area contributed by atoms with Gasteiger partial charge in [-0.1, -0.05) is 28.4 Å². The molecule has 1 aliphatic carbocycles. The fraction of sp³-hybridized carbons (Fsp3) is 0.375. The molecule has 3 rings (SSSR count). The summed E-state index contributed by atoms with van der Waals surface area (Å²) in [5.41, 5.74) is 7.24. The van der Waals surface area contributed by atoms with Crippen LogP contribution in [0.3, 0.4) is 0 Å². The summed E-state index contributed by atoms with van der Waals surface area (Å²) in [5, 5.41) is 7.36. The number of rotatable bonds is 4. The number of nitrogens with zero attached hydrogens (tertiary/aromatic N) is 2. The molecule has 5 nitrogen and oxygen atoms in total. The van der Waals surface area contributed by atoms with E-state index in [-0.39, 0.29) is 11.9 Å². The molecule has 1 saturated carbocycles. The smallest absolute Gasteiger partial charge is 0.254 e. The number of aromatic nitrogens is 2. The van der Waals surface area contributed by atoms with Gasteiger partial charge in [0.25, 0.3) is 5.91 Å². The minimum absolute atomic E-state index is 0.0772. The topological polar surface area (TPSA) is 72.9 Å².